The number of aromatic nitrogens is 2. The first-order valence-electron chi connectivity index (χ1n) is 11.2. The number of nitrogens with one attached hydrogen (secondary N) is 1. The zero-order valence-electron chi connectivity index (χ0n) is 18.4. The van der Waals surface area contributed by atoms with Crippen molar-refractivity contribution in [3.05, 3.63) is 59.9 Å². The summed E-state index contributed by atoms with van der Waals surface area (Å²) in [5.74, 6) is 1.29. The van der Waals surface area contributed by atoms with Crippen LogP contribution in [0.1, 0.15) is 38.7 Å². The molecule has 1 saturated heterocycles. The molecule has 1 atom stereocenters. The Morgan fingerprint density at radius 2 is 1.97 bits per heavy atom. The molecule has 1 aromatic heterocycles. The summed E-state index contributed by atoms with van der Waals surface area (Å²) >= 11 is 0. The Bertz CT molecular complexity index is 1030. The number of aryl methyl sites for hydroxylation is 1. The van der Waals surface area contributed by atoms with Gasteiger partial charge < -0.3 is 14.8 Å². The van der Waals surface area contributed by atoms with Crippen LogP contribution < -0.4 is 10.2 Å². The zero-order valence-corrected chi connectivity index (χ0v) is 18.4. The number of rotatable bonds is 7. The van der Waals surface area contributed by atoms with Gasteiger partial charge in [-0.1, -0.05) is 38.1 Å². The Kier molecular flexibility index (Phi) is 6.54. The van der Waals surface area contributed by atoms with E-state index < -0.39 is 0 Å². The van der Waals surface area contributed by atoms with Gasteiger partial charge in [0.2, 0.25) is 11.9 Å². The van der Waals surface area contributed by atoms with Gasteiger partial charge in [-0.3, -0.25) is 4.79 Å². The highest BCUT2D eigenvalue weighted by Crippen LogP contribution is 2.28. The number of carbonyl (C=O) groups is 1. The lowest BCUT2D eigenvalue weighted by Crippen LogP contribution is -2.43. The molecule has 2 heterocycles. The van der Waals surface area contributed by atoms with Gasteiger partial charge in [0.1, 0.15) is 5.82 Å². The van der Waals surface area contributed by atoms with Gasteiger partial charge in [-0.2, -0.15) is 0 Å². The van der Waals surface area contributed by atoms with E-state index in [2.05, 4.69) is 46.8 Å². The highest BCUT2D eigenvalue weighted by Gasteiger charge is 2.28. The largest absolute Gasteiger partial charge is 0.352 e. The molecule has 3 aromatic rings. The number of hydrogen-bond donors (Lipinski definition) is 1. The van der Waals surface area contributed by atoms with Gasteiger partial charge in [0.15, 0.2) is 0 Å². The zero-order chi connectivity index (χ0) is 21.8. The number of benzene rings is 2. The topological polar surface area (TPSA) is 50.2 Å². The molecule has 2 aromatic carbocycles. The van der Waals surface area contributed by atoms with Crippen molar-refractivity contribution < 1.29 is 9.18 Å². The minimum Gasteiger partial charge on any atom is -0.352 e. The van der Waals surface area contributed by atoms with Crippen LogP contribution in [-0.4, -0.2) is 28.5 Å². The van der Waals surface area contributed by atoms with Crippen LogP contribution in [0.3, 0.4) is 0 Å². The first kappa shape index (κ1) is 21.3. The molecule has 1 amide bonds. The quantitative estimate of drug-likeness (QED) is 0.598. The molecule has 0 saturated carbocycles. The van der Waals surface area contributed by atoms with E-state index in [4.69, 9.17) is 4.98 Å². The summed E-state index contributed by atoms with van der Waals surface area (Å²) in [5, 5.41) is 3.03. The third-order valence-corrected chi connectivity index (χ3v) is 6.02. The predicted molar refractivity (Wildman–Crippen MR) is 122 cm³/mol. The summed E-state index contributed by atoms with van der Waals surface area (Å²) in [5.41, 5.74) is 3.06. The third-order valence-electron chi connectivity index (χ3n) is 6.02. The van der Waals surface area contributed by atoms with Crippen molar-refractivity contribution in [3.63, 3.8) is 0 Å². The van der Waals surface area contributed by atoms with Crippen molar-refractivity contribution in [2.45, 2.75) is 46.2 Å². The minimum absolute atomic E-state index is 0.0545. The predicted octanol–water partition coefficient (Wildman–Crippen LogP) is 4.75. The molecule has 0 spiro atoms. The highest BCUT2D eigenvalue weighted by atomic mass is 19.1. The number of para-hydroxylation sites is 2. The summed E-state index contributed by atoms with van der Waals surface area (Å²) in [6, 6.07) is 14.5. The van der Waals surface area contributed by atoms with E-state index in [-0.39, 0.29) is 17.6 Å². The minimum atomic E-state index is -0.265. The summed E-state index contributed by atoms with van der Waals surface area (Å²) in [4.78, 5) is 20.0. The fourth-order valence-corrected chi connectivity index (χ4v) is 4.22. The van der Waals surface area contributed by atoms with Crippen molar-refractivity contribution >= 4 is 22.9 Å². The van der Waals surface area contributed by atoms with Crippen LogP contribution in [0.4, 0.5) is 10.3 Å². The molecule has 0 unspecified atom stereocenters. The molecule has 164 valence electrons. The average molecular weight is 423 g/mol. The Morgan fingerprint density at radius 3 is 2.74 bits per heavy atom. The van der Waals surface area contributed by atoms with Crippen molar-refractivity contribution in [1.29, 1.82) is 0 Å². The fourth-order valence-electron chi connectivity index (χ4n) is 4.22. The highest BCUT2D eigenvalue weighted by molar-refractivity contribution is 5.81. The van der Waals surface area contributed by atoms with E-state index in [0.717, 1.165) is 54.9 Å². The second kappa shape index (κ2) is 9.50. The molecule has 0 aliphatic carbocycles. The maximum Gasteiger partial charge on any atom is 0.225 e. The Labute approximate surface area is 183 Å². The number of anilines is 1. The maximum absolute atomic E-state index is 13.1. The molecular weight excluding hydrogens is 391 g/mol. The van der Waals surface area contributed by atoms with Gasteiger partial charge in [-0.15, -0.1) is 0 Å². The first-order valence-corrected chi connectivity index (χ1v) is 11.2. The van der Waals surface area contributed by atoms with Crippen LogP contribution in [0.15, 0.2) is 48.5 Å². The number of hydrogen-bond acceptors (Lipinski definition) is 3. The van der Waals surface area contributed by atoms with Crippen LogP contribution in [0.5, 0.6) is 0 Å². The van der Waals surface area contributed by atoms with Crippen LogP contribution >= 0.6 is 0 Å². The monoisotopic (exact) mass is 422 g/mol. The number of halogens is 1. The first-order chi connectivity index (χ1) is 15.0. The van der Waals surface area contributed by atoms with Crippen LogP contribution in [0, 0.1) is 17.7 Å². The summed E-state index contributed by atoms with van der Waals surface area (Å²) < 4.78 is 15.4. The van der Waals surface area contributed by atoms with Crippen LogP contribution in [0.25, 0.3) is 11.0 Å². The molecule has 0 bridgehead atoms. The van der Waals surface area contributed by atoms with E-state index in [0.29, 0.717) is 19.0 Å². The number of piperidine rings is 1. The molecule has 1 aliphatic rings. The summed E-state index contributed by atoms with van der Waals surface area (Å²) in [6.07, 6.45) is 2.92. The van der Waals surface area contributed by atoms with E-state index in [9.17, 15) is 9.18 Å². The molecule has 1 fully saturated rings. The number of nitrogens with zero attached hydrogens (tertiary/aromatic N) is 3. The number of fused-ring (bicyclic) bond motifs is 1. The summed E-state index contributed by atoms with van der Waals surface area (Å²) in [7, 11) is 0. The lowest BCUT2D eigenvalue weighted by molar-refractivity contribution is -0.125. The molecule has 6 heteroatoms. The van der Waals surface area contributed by atoms with E-state index >= 15 is 0 Å². The normalized spacial score (nSPS) is 16.8. The standard InChI is InChI=1S/C25H31FN4O/c1-18(2)13-15-30-23-8-4-3-7-22(23)28-25(30)29-14-5-6-20(17-29)24(31)27-16-19-9-11-21(26)12-10-19/h3-4,7-12,18,20H,5-6,13-17H2,1-2H3,(H,27,31)/t20-/m1/s1. The molecule has 31 heavy (non-hydrogen) atoms. The third kappa shape index (κ3) is 5.06. The van der Waals surface area contributed by atoms with Crippen molar-refractivity contribution in [2.75, 3.05) is 18.0 Å². The van der Waals surface area contributed by atoms with Gasteiger partial charge in [-0.25, -0.2) is 9.37 Å². The van der Waals surface area contributed by atoms with Gasteiger partial charge in [0.05, 0.1) is 17.0 Å². The smallest absolute Gasteiger partial charge is 0.225 e. The van der Waals surface area contributed by atoms with E-state index in [1.165, 1.54) is 12.1 Å². The number of amides is 1. The Hall–Kier alpha value is -2.89. The van der Waals surface area contributed by atoms with E-state index in [1.807, 2.05) is 6.07 Å². The second-order valence-electron chi connectivity index (χ2n) is 8.86. The lowest BCUT2D eigenvalue weighted by atomic mass is 9.97. The van der Waals surface area contributed by atoms with Gasteiger partial charge in [-0.05, 0) is 55.0 Å². The average Bonchev–Trinajstić information content (AvgIpc) is 3.16. The van der Waals surface area contributed by atoms with Crippen molar-refractivity contribution in [2.24, 2.45) is 11.8 Å². The van der Waals surface area contributed by atoms with E-state index in [1.54, 1.807) is 12.1 Å². The second-order valence-corrected chi connectivity index (χ2v) is 8.86. The fraction of sp³-hybridized carbons (Fsp3) is 0.440. The molecule has 5 nitrogen and oxygen atoms in total. The Morgan fingerprint density at radius 1 is 1.19 bits per heavy atom. The van der Waals surface area contributed by atoms with Crippen molar-refractivity contribution in [1.82, 2.24) is 14.9 Å². The van der Waals surface area contributed by atoms with Crippen molar-refractivity contribution in [3.8, 4) is 0 Å². The summed E-state index contributed by atoms with van der Waals surface area (Å²) in [6.45, 7) is 7.39. The maximum atomic E-state index is 13.1. The molecule has 4 rings (SSSR count). The van der Waals surface area contributed by atoms with Crippen LogP contribution in [0.2, 0.25) is 0 Å². The molecule has 1 aliphatic heterocycles. The van der Waals surface area contributed by atoms with Gasteiger partial charge in [0.25, 0.3) is 0 Å². The van der Waals surface area contributed by atoms with Gasteiger partial charge >= 0.3 is 0 Å². The number of imidazole rings is 1. The SMILES string of the molecule is CC(C)CCn1c(N2CCC[C@@H](C(=O)NCc3ccc(F)cc3)C2)nc2ccccc21. The van der Waals surface area contributed by atoms with Gasteiger partial charge in [0, 0.05) is 26.2 Å². The lowest BCUT2D eigenvalue weighted by Gasteiger charge is -2.33. The van der Waals surface area contributed by atoms with Crippen LogP contribution in [-0.2, 0) is 17.9 Å². The Balaban J connectivity index is 1.47. The number of carbonyl (C=O) groups excluding carboxylic acids is 1. The molecule has 0 radical (unpaired) electrons. The molecule has 1 N–H and O–H groups in total. The molecular formula is C25H31FN4O.